The number of hydrogen-bond donors (Lipinski definition) is 0. The highest BCUT2D eigenvalue weighted by Crippen LogP contribution is 2.31. The first-order valence-electron chi connectivity index (χ1n) is 10.5. The Balaban J connectivity index is 1.62. The third-order valence-corrected chi connectivity index (χ3v) is 5.62. The lowest BCUT2D eigenvalue weighted by atomic mass is 10.0. The summed E-state index contributed by atoms with van der Waals surface area (Å²) in [5.74, 6) is 5.88. The number of aromatic nitrogens is 2. The zero-order valence-corrected chi connectivity index (χ0v) is 18.1. The fourth-order valence-corrected chi connectivity index (χ4v) is 4.04. The van der Waals surface area contributed by atoms with Gasteiger partial charge in [0, 0.05) is 29.3 Å². The van der Waals surface area contributed by atoms with Crippen molar-refractivity contribution in [2.45, 2.75) is 19.7 Å². The SMILES string of the molecule is CN1Cc2nc3ccc(C#Cc4cccc(F)c4)cc3n2Cc2c(OC(F)F)cccc2C1=O. The van der Waals surface area contributed by atoms with Crippen molar-refractivity contribution < 1.29 is 22.7 Å². The maximum atomic E-state index is 13.4. The molecule has 1 aromatic heterocycles. The second-order valence-electron chi connectivity index (χ2n) is 7.90. The number of benzene rings is 3. The van der Waals surface area contributed by atoms with Crippen LogP contribution in [0.5, 0.6) is 5.75 Å². The van der Waals surface area contributed by atoms with Gasteiger partial charge in [0.25, 0.3) is 5.91 Å². The number of carbonyl (C=O) groups excluding carboxylic acids is 1. The lowest BCUT2D eigenvalue weighted by molar-refractivity contribution is -0.0505. The summed E-state index contributed by atoms with van der Waals surface area (Å²) in [5, 5.41) is 0. The van der Waals surface area contributed by atoms with Gasteiger partial charge in [-0.15, -0.1) is 0 Å². The molecule has 5 nitrogen and oxygen atoms in total. The molecule has 1 amide bonds. The van der Waals surface area contributed by atoms with Crippen molar-refractivity contribution in [3.63, 3.8) is 0 Å². The van der Waals surface area contributed by atoms with Crippen molar-refractivity contribution >= 4 is 16.9 Å². The van der Waals surface area contributed by atoms with E-state index in [0.717, 1.165) is 5.52 Å². The van der Waals surface area contributed by atoms with Crippen LogP contribution < -0.4 is 4.74 Å². The first kappa shape index (κ1) is 21.6. The van der Waals surface area contributed by atoms with E-state index in [1.54, 1.807) is 25.2 Å². The van der Waals surface area contributed by atoms with Crippen molar-refractivity contribution in [2.75, 3.05) is 7.05 Å². The van der Waals surface area contributed by atoms with Crippen molar-refractivity contribution in [3.8, 4) is 17.6 Å². The molecule has 0 aliphatic carbocycles. The summed E-state index contributed by atoms with van der Waals surface area (Å²) in [5.41, 5.74) is 3.31. The molecule has 1 aliphatic rings. The van der Waals surface area contributed by atoms with E-state index in [2.05, 4.69) is 16.8 Å². The number of halogens is 3. The number of alkyl halides is 2. The molecule has 4 aromatic rings. The van der Waals surface area contributed by atoms with Crippen LogP contribution in [0.25, 0.3) is 11.0 Å². The normalized spacial score (nSPS) is 13.1. The number of carbonyl (C=O) groups is 1. The van der Waals surface area contributed by atoms with E-state index in [0.29, 0.717) is 33.6 Å². The van der Waals surface area contributed by atoms with Crippen molar-refractivity contribution in [3.05, 3.63) is 94.6 Å². The molecule has 8 heteroatoms. The van der Waals surface area contributed by atoms with Crippen LogP contribution in [-0.2, 0) is 13.1 Å². The third kappa shape index (κ3) is 4.08. The average Bonchev–Trinajstić information content (AvgIpc) is 3.13. The Bertz CT molecular complexity index is 1480. The molecule has 3 aromatic carbocycles. The van der Waals surface area contributed by atoms with Gasteiger partial charge in [0.05, 0.1) is 24.1 Å². The zero-order chi connectivity index (χ0) is 23.8. The molecular weight excluding hydrogens is 443 g/mol. The van der Waals surface area contributed by atoms with E-state index in [9.17, 15) is 18.0 Å². The van der Waals surface area contributed by atoms with Crippen LogP contribution in [0.4, 0.5) is 13.2 Å². The highest BCUT2D eigenvalue weighted by Gasteiger charge is 2.26. The van der Waals surface area contributed by atoms with Crippen LogP contribution in [0.1, 0.15) is 32.9 Å². The van der Waals surface area contributed by atoms with Crippen molar-refractivity contribution in [2.24, 2.45) is 0 Å². The van der Waals surface area contributed by atoms with Gasteiger partial charge in [-0.1, -0.05) is 24.0 Å². The summed E-state index contributed by atoms with van der Waals surface area (Å²) in [6.07, 6.45) is 0. The van der Waals surface area contributed by atoms with Crippen molar-refractivity contribution in [1.29, 1.82) is 0 Å². The Morgan fingerprint density at radius 2 is 1.76 bits per heavy atom. The standard InChI is InChI=1S/C26H18F3N3O2/c1-31-15-24-30-21-11-10-17(9-8-16-4-2-5-18(27)12-16)13-22(21)32(24)14-20-19(25(31)33)6-3-7-23(20)34-26(28)29/h2-7,10-13,26H,14-15H2,1H3. The van der Waals surface area contributed by atoms with Gasteiger partial charge < -0.3 is 14.2 Å². The molecule has 170 valence electrons. The van der Waals surface area contributed by atoms with Gasteiger partial charge in [-0.25, -0.2) is 9.37 Å². The van der Waals surface area contributed by atoms with E-state index < -0.39 is 6.61 Å². The molecule has 0 saturated heterocycles. The lowest BCUT2D eigenvalue weighted by Gasteiger charge is -2.24. The van der Waals surface area contributed by atoms with Crippen LogP contribution in [0.2, 0.25) is 0 Å². The summed E-state index contributed by atoms with van der Waals surface area (Å²) in [6.45, 7) is -2.64. The molecule has 0 radical (unpaired) electrons. The molecule has 0 N–H and O–H groups in total. The number of rotatable bonds is 2. The van der Waals surface area contributed by atoms with Gasteiger partial charge in [0.1, 0.15) is 17.4 Å². The Kier molecular flexibility index (Phi) is 5.46. The number of ether oxygens (including phenoxy) is 1. The Labute approximate surface area is 193 Å². The van der Waals surface area contributed by atoms with Crippen LogP contribution in [0, 0.1) is 17.7 Å². The minimum absolute atomic E-state index is 0.0500. The molecule has 0 fully saturated rings. The first-order valence-corrected chi connectivity index (χ1v) is 10.5. The fraction of sp³-hybridized carbons (Fsp3) is 0.154. The second-order valence-corrected chi connectivity index (χ2v) is 7.90. The largest absolute Gasteiger partial charge is 0.434 e. The molecule has 0 unspecified atom stereocenters. The molecule has 0 bridgehead atoms. The maximum absolute atomic E-state index is 13.4. The Morgan fingerprint density at radius 3 is 2.53 bits per heavy atom. The van der Waals surface area contributed by atoms with Gasteiger partial charge >= 0.3 is 6.61 Å². The minimum Gasteiger partial charge on any atom is -0.434 e. The smallest absolute Gasteiger partial charge is 0.387 e. The Morgan fingerprint density at radius 1 is 1.00 bits per heavy atom. The minimum atomic E-state index is -3.02. The van der Waals surface area contributed by atoms with Gasteiger partial charge in [0.2, 0.25) is 0 Å². The number of imidazole rings is 1. The first-order chi connectivity index (χ1) is 16.4. The predicted molar refractivity (Wildman–Crippen MR) is 120 cm³/mol. The van der Waals surface area contributed by atoms with Crippen LogP contribution in [0.3, 0.4) is 0 Å². The van der Waals surface area contributed by atoms with Gasteiger partial charge in [0.15, 0.2) is 0 Å². The molecule has 34 heavy (non-hydrogen) atoms. The summed E-state index contributed by atoms with van der Waals surface area (Å²) in [7, 11) is 1.64. The fourth-order valence-electron chi connectivity index (χ4n) is 4.04. The van der Waals surface area contributed by atoms with E-state index in [4.69, 9.17) is 4.74 Å². The molecule has 0 spiro atoms. The van der Waals surface area contributed by atoms with Crippen molar-refractivity contribution in [1.82, 2.24) is 14.5 Å². The second kappa shape index (κ2) is 8.60. The van der Waals surface area contributed by atoms with E-state index in [-0.39, 0.29) is 30.6 Å². The topological polar surface area (TPSA) is 47.4 Å². The van der Waals surface area contributed by atoms with E-state index in [1.807, 2.05) is 22.8 Å². The van der Waals surface area contributed by atoms with Gasteiger partial charge in [-0.05, 0) is 48.5 Å². The number of amides is 1. The van der Waals surface area contributed by atoms with Crippen LogP contribution >= 0.6 is 0 Å². The van der Waals surface area contributed by atoms with E-state index >= 15 is 0 Å². The lowest BCUT2D eigenvalue weighted by Crippen LogP contribution is -2.31. The Hall–Kier alpha value is -4.25. The summed E-state index contributed by atoms with van der Waals surface area (Å²) in [4.78, 5) is 19.1. The molecule has 1 aliphatic heterocycles. The monoisotopic (exact) mass is 461 g/mol. The maximum Gasteiger partial charge on any atom is 0.387 e. The summed E-state index contributed by atoms with van der Waals surface area (Å²) in [6, 6.07) is 16.0. The predicted octanol–water partition coefficient (Wildman–Crippen LogP) is 4.81. The molecule has 2 heterocycles. The molecule has 0 atom stereocenters. The third-order valence-electron chi connectivity index (χ3n) is 5.62. The summed E-state index contributed by atoms with van der Waals surface area (Å²) < 4.78 is 46.2. The quantitative estimate of drug-likeness (QED) is 0.403. The van der Waals surface area contributed by atoms with Gasteiger partial charge in [-0.2, -0.15) is 8.78 Å². The average molecular weight is 461 g/mol. The summed E-state index contributed by atoms with van der Waals surface area (Å²) >= 11 is 0. The number of fused-ring (bicyclic) bond motifs is 4. The van der Waals surface area contributed by atoms with Crippen LogP contribution in [-0.4, -0.2) is 34.0 Å². The zero-order valence-electron chi connectivity index (χ0n) is 18.1. The number of nitrogens with zero attached hydrogens (tertiary/aromatic N) is 3. The van der Waals surface area contributed by atoms with Crippen LogP contribution in [0.15, 0.2) is 60.7 Å². The highest BCUT2D eigenvalue weighted by atomic mass is 19.3. The molecule has 5 rings (SSSR count). The van der Waals surface area contributed by atoms with E-state index in [1.165, 1.54) is 29.2 Å². The number of hydrogen-bond acceptors (Lipinski definition) is 3. The highest BCUT2D eigenvalue weighted by molar-refractivity contribution is 5.96. The van der Waals surface area contributed by atoms with Gasteiger partial charge in [-0.3, -0.25) is 4.79 Å². The molecule has 0 saturated carbocycles. The molecular formula is C26H18F3N3O2.